The molecule has 0 amide bonds. The predicted octanol–water partition coefficient (Wildman–Crippen LogP) is 3.79. The van der Waals surface area contributed by atoms with Crippen LogP contribution in [0.1, 0.15) is 49.9 Å². The molecule has 1 aromatic rings. The summed E-state index contributed by atoms with van der Waals surface area (Å²) in [6, 6.07) is 7.94. The van der Waals surface area contributed by atoms with Gasteiger partial charge in [0.2, 0.25) is 0 Å². The van der Waals surface area contributed by atoms with Crippen molar-refractivity contribution in [1.29, 1.82) is 0 Å². The van der Waals surface area contributed by atoms with E-state index in [-0.39, 0.29) is 0 Å². The first-order valence-electron chi connectivity index (χ1n) is 7.18. The average molecular weight is 261 g/mol. The third-order valence-corrected chi connectivity index (χ3v) is 3.77. The Bertz CT molecular complexity index is 419. The molecule has 1 aliphatic carbocycles. The molecule has 0 aromatic heterocycles. The summed E-state index contributed by atoms with van der Waals surface area (Å²) < 4.78 is 0. The number of benzene rings is 1. The maximum absolute atomic E-state index is 10.9. The normalized spacial score (nSPS) is 15.9. The number of hydrogen-bond donors (Lipinski definition) is 1. The number of carbonyl (C=O) groups is 1. The zero-order chi connectivity index (χ0) is 13.8. The van der Waals surface area contributed by atoms with Gasteiger partial charge >= 0.3 is 5.97 Å². The molecule has 3 heteroatoms. The molecule has 0 radical (unpaired) electrons. The molecule has 1 aromatic carbocycles. The highest BCUT2D eigenvalue weighted by molar-refractivity contribution is 5.88. The minimum absolute atomic E-state index is 0.361. The van der Waals surface area contributed by atoms with Crippen LogP contribution in [0.2, 0.25) is 0 Å². The van der Waals surface area contributed by atoms with E-state index in [0.717, 1.165) is 12.2 Å². The molecule has 0 unspecified atom stereocenters. The van der Waals surface area contributed by atoms with E-state index in [1.165, 1.54) is 25.7 Å². The predicted molar refractivity (Wildman–Crippen MR) is 77.8 cm³/mol. The Balaban J connectivity index is 2.18. The van der Waals surface area contributed by atoms with Crippen molar-refractivity contribution in [2.75, 3.05) is 11.4 Å². The minimum atomic E-state index is -0.858. The lowest BCUT2D eigenvalue weighted by molar-refractivity contribution is 0.0697. The molecular formula is C16H23NO2. The highest BCUT2D eigenvalue weighted by Crippen LogP contribution is 2.29. The van der Waals surface area contributed by atoms with E-state index >= 15 is 0 Å². The fourth-order valence-electron chi connectivity index (χ4n) is 2.87. The molecule has 1 N–H and O–H groups in total. The lowest BCUT2D eigenvalue weighted by Gasteiger charge is -2.33. The molecule has 19 heavy (non-hydrogen) atoms. The number of carboxylic acid groups (broad SMARTS) is 1. The SMILES string of the molecule is CC(C)CN(c1ccc(C(=O)O)cc1)C1CCCC1. The van der Waals surface area contributed by atoms with Gasteiger partial charge in [-0.05, 0) is 43.0 Å². The van der Waals surface area contributed by atoms with E-state index in [1.54, 1.807) is 12.1 Å². The van der Waals surface area contributed by atoms with Crippen LogP contribution < -0.4 is 4.90 Å². The molecule has 104 valence electrons. The van der Waals surface area contributed by atoms with Crippen LogP contribution in [0.3, 0.4) is 0 Å². The molecule has 1 aliphatic rings. The topological polar surface area (TPSA) is 40.5 Å². The maximum atomic E-state index is 10.9. The Kier molecular flexibility index (Phi) is 4.46. The summed E-state index contributed by atoms with van der Waals surface area (Å²) in [4.78, 5) is 13.4. The first-order valence-corrected chi connectivity index (χ1v) is 7.18. The third kappa shape index (κ3) is 3.49. The molecule has 1 saturated carbocycles. The molecule has 0 saturated heterocycles. The largest absolute Gasteiger partial charge is 0.478 e. The molecule has 1 fully saturated rings. The van der Waals surface area contributed by atoms with Gasteiger partial charge < -0.3 is 10.0 Å². The number of aromatic carboxylic acids is 1. The monoisotopic (exact) mass is 261 g/mol. The molecule has 0 bridgehead atoms. The van der Waals surface area contributed by atoms with Crippen LogP contribution in [0, 0.1) is 5.92 Å². The van der Waals surface area contributed by atoms with Gasteiger partial charge in [0.05, 0.1) is 5.56 Å². The second-order valence-electron chi connectivity index (χ2n) is 5.84. The van der Waals surface area contributed by atoms with E-state index in [4.69, 9.17) is 5.11 Å². The zero-order valence-electron chi connectivity index (χ0n) is 11.8. The summed E-state index contributed by atoms with van der Waals surface area (Å²) >= 11 is 0. The van der Waals surface area contributed by atoms with Crippen LogP contribution in [-0.4, -0.2) is 23.7 Å². The fraction of sp³-hybridized carbons (Fsp3) is 0.562. The van der Waals surface area contributed by atoms with Gasteiger partial charge in [-0.2, -0.15) is 0 Å². The molecule has 0 spiro atoms. The number of anilines is 1. The Morgan fingerprint density at radius 1 is 1.26 bits per heavy atom. The Hall–Kier alpha value is -1.51. The third-order valence-electron chi connectivity index (χ3n) is 3.77. The molecule has 0 atom stereocenters. The molecule has 0 aliphatic heterocycles. The van der Waals surface area contributed by atoms with Crippen LogP contribution in [0.5, 0.6) is 0 Å². The van der Waals surface area contributed by atoms with Gasteiger partial charge in [-0.25, -0.2) is 4.79 Å². The van der Waals surface area contributed by atoms with Crippen molar-refractivity contribution in [2.45, 2.75) is 45.6 Å². The highest BCUT2D eigenvalue weighted by Gasteiger charge is 2.23. The van der Waals surface area contributed by atoms with Gasteiger partial charge in [0.1, 0.15) is 0 Å². The minimum Gasteiger partial charge on any atom is -0.478 e. The summed E-state index contributed by atoms with van der Waals surface area (Å²) in [5, 5.41) is 8.96. The lowest BCUT2D eigenvalue weighted by atomic mass is 10.1. The first-order chi connectivity index (χ1) is 9.08. The Morgan fingerprint density at radius 2 is 1.84 bits per heavy atom. The highest BCUT2D eigenvalue weighted by atomic mass is 16.4. The molecule has 0 heterocycles. The van der Waals surface area contributed by atoms with Crippen LogP contribution in [0.25, 0.3) is 0 Å². The first kappa shape index (κ1) is 13.9. The standard InChI is InChI=1S/C16H23NO2/c1-12(2)11-17(14-5-3-4-6-14)15-9-7-13(8-10-15)16(18)19/h7-10,12,14H,3-6,11H2,1-2H3,(H,18,19). The van der Waals surface area contributed by atoms with Crippen molar-refractivity contribution in [3.8, 4) is 0 Å². The van der Waals surface area contributed by atoms with Gasteiger partial charge in [0, 0.05) is 18.3 Å². The summed E-state index contributed by atoms with van der Waals surface area (Å²) in [7, 11) is 0. The van der Waals surface area contributed by atoms with Gasteiger partial charge in [0.15, 0.2) is 0 Å². The van der Waals surface area contributed by atoms with Crippen molar-refractivity contribution in [3.63, 3.8) is 0 Å². The summed E-state index contributed by atoms with van der Waals surface area (Å²) in [6.45, 7) is 5.50. The number of hydrogen-bond acceptors (Lipinski definition) is 2. The lowest BCUT2D eigenvalue weighted by Crippen LogP contribution is -2.36. The second-order valence-corrected chi connectivity index (χ2v) is 5.84. The maximum Gasteiger partial charge on any atom is 0.335 e. The van der Waals surface area contributed by atoms with Crippen LogP contribution in [-0.2, 0) is 0 Å². The van der Waals surface area contributed by atoms with Gasteiger partial charge in [-0.1, -0.05) is 26.7 Å². The summed E-state index contributed by atoms with van der Waals surface area (Å²) in [5.41, 5.74) is 1.52. The van der Waals surface area contributed by atoms with Crippen molar-refractivity contribution in [1.82, 2.24) is 0 Å². The van der Waals surface area contributed by atoms with E-state index in [0.29, 0.717) is 17.5 Å². The van der Waals surface area contributed by atoms with Gasteiger partial charge in [-0.3, -0.25) is 0 Å². The summed E-state index contributed by atoms with van der Waals surface area (Å²) in [5.74, 6) is -0.248. The van der Waals surface area contributed by atoms with Crippen molar-refractivity contribution in [3.05, 3.63) is 29.8 Å². The van der Waals surface area contributed by atoms with E-state index in [2.05, 4.69) is 18.7 Å². The molecular weight excluding hydrogens is 238 g/mol. The zero-order valence-corrected chi connectivity index (χ0v) is 11.8. The molecule has 2 rings (SSSR count). The van der Waals surface area contributed by atoms with Gasteiger partial charge in [0.25, 0.3) is 0 Å². The van der Waals surface area contributed by atoms with Crippen LogP contribution >= 0.6 is 0 Å². The van der Waals surface area contributed by atoms with E-state index in [9.17, 15) is 4.79 Å². The van der Waals surface area contributed by atoms with Crippen molar-refractivity contribution >= 4 is 11.7 Å². The van der Waals surface area contributed by atoms with Gasteiger partial charge in [-0.15, -0.1) is 0 Å². The quantitative estimate of drug-likeness (QED) is 0.876. The van der Waals surface area contributed by atoms with E-state index < -0.39 is 5.97 Å². The smallest absolute Gasteiger partial charge is 0.335 e. The second kappa shape index (κ2) is 6.09. The number of carboxylic acids is 1. The average Bonchev–Trinajstić information content (AvgIpc) is 2.89. The van der Waals surface area contributed by atoms with Crippen LogP contribution in [0.15, 0.2) is 24.3 Å². The Morgan fingerprint density at radius 3 is 2.32 bits per heavy atom. The van der Waals surface area contributed by atoms with Crippen LogP contribution in [0.4, 0.5) is 5.69 Å². The fourth-order valence-corrected chi connectivity index (χ4v) is 2.87. The number of nitrogens with zero attached hydrogens (tertiary/aromatic N) is 1. The number of rotatable bonds is 5. The molecule has 3 nitrogen and oxygen atoms in total. The van der Waals surface area contributed by atoms with Crippen molar-refractivity contribution in [2.24, 2.45) is 5.92 Å². The van der Waals surface area contributed by atoms with Crippen molar-refractivity contribution < 1.29 is 9.90 Å². The Labute approximate surface area is 115 Å². The summed E-state index contributed by atoms with van der Waals surface area (Å²) in [6.07, 6.45) is 5.14. The van der Waals surface area contributed by atoms with E-state index in [1.807, 2.05) is 12.1 Å².